The molecule has 0 aromatic carbocycles. The lowest BCUT2D eigenvalue weighted by Crippen LogP contribution is -2.08. The molecule has 0 bridgehead atoms. The number of anilines is 3. The Morgan fingerprint density at radius 3 is 1.89 bits per heavy atom. The lowest BCUT2D eigenvalue weighted by molar-refractivity contribution is -0.384. The average molecular weight is 400 g/mol. The molecule has 5 N–H and O–H groups in total. The van der Waals surface area contributed by atoms with Crippen LogP contribution in [0.1, 0.15) is 28.2 Å². The summed E-state index contributed by atoms with van der Waals surface area (Å²) in [5.41, 5.74) is 5.76. The average Bonchev–Trinajstić information content (AvgIpc) is 3.01. The van der Waals surface area contributed by atoms with E-state index in [0.29, 0.717) is 11.5 Å². The fraction of sp³-hybridized carbons (Fsp3) is 0.467. The summed E-state index contributed by atoms with van der Waals surface area (Å²) >= 11 is 0. The van der Waals surface area contributed by atoms with Crippen molar-refractivity contribution in [3.63, 3.8) is 0 Å². The predicted octanol–water partition coefficient (Wildman–Crippen LogP) is 0.882. The van der Waals surface area contributed by atoms with E-state index >= 15 is 0 Å². The minimum atomic E-state index is -0.599. The number of nitrogen functional groups attached to an aromatic ring is 1. The lowest BCUT2D eigenvalue weighted by atomic mass is 10.5. The summed E-state index contributed by atoms with van der Waals surface area (Å²) in [4.78, 5) is 31.0. The van der Waals surface area contributed by atoms with Crippen molar-refractivity contribution >= 4 is 34.8 Å². The molecule has 0 saturated heterocycles. The maximum atomic E-state index is 10.6. The Morgan fingerprint density at radius 2 is 1.54 bits per heavy atom. The molecule has 2 heterocycles. The number of aryl methyl sites for hydroxylation is 2. The molecule has 0 aliphatic rings. The quantitative estimate of drug-likeness (QED) is 0.432. The highest BCUT2D eigenvalue weighted by atomic mass is 16.6. The molecule has 0 aliphatic heterocycles. The third-order valence-corrected chi connectivity index (χ3v) is 2.45. The first-order valence-electron chi connectivity index (χ1n) is 7.64. The molecule has 2 aromatic heterocycles. The molecule has 0 aliphatic carbocycles. The Bertz CT molecular complexity index is 783. The number of rotatable bonds is 3. The van der Waals surface area contributed by atoms with Crippen molar-refractivity contribution in [2.45, 2.75) is 28.2 Å². The molecule has 0 radical (unpaired) electrons. The number of aromatic nitrogens is 4. The van der Waals surface area contributed by atoms with Crippen molar-refractivity contribution in [1.29, 1.82) is 0 Å². The van der Waals surface area contributed by atoms with E-state index in [1.165, 1.54) is 31.8 Å². The van der Waals surface area contributed by atoms with Crippen LogP contribution in [-0.4, -0.2) is 48.0 Å². The number of aliphatic hydroxyl groups is 1. The lowest BCUT2D eigenvalue weighted by Gasteiger charge is -1.95. The van der Waals surface area contributed by atoms with E-state index in [1.54, 1.807) is 24.9 Å². The molecule has 13 nitrogen and oxygen atoms in total. The Kier molecular flexibility index (Phi) is 12.2. The van der Waals surface area contributed by atoms with E-state index in [2.05, 4.69) is 20.8 Å². The van der Waals surface area contributed by atoms with Crippen LogP contribution in [0.15, 0.2) is 12.4 Å². The van der Waals surface area contributed by atoms with Gasteiger partial charge in [-0.1, -0.05) is 7.43 Å². The Labute approximate surface area is 162 Å². The van der Waals surface area contributed by atoms with Crippen LogP contribution in [0.3, 0.4) is 0 Å². The van der Waals surface area contributed by atoms with Gasteiger partial charge in [0, 0.05) is 40.7 Å². The van der Waals surface area contributed by atoms with E-state index in [0.717, 1.165) is 0 Å². The predicted molar refractivity (Wildman–Crippen MR) is 106 cm³/mol. The number of nitro groups is 1. The summed E-state index contributed by atoms with van der Waals surface area (Å²) in [6.07, 6.45) is 2.86. The maximum Gasteiger partial charge on any atom is 0.331 e. The summed E-state index contributed by atoms with van der Waals surface area (Å²) in [7, 11) is 3.28. The molecule has 13 heteroatoms. The van der Waals surface area contributed by atoms with E-state index in [-0.39, 0.29) is 37.4 Å². The van der Waals surface area contributed by atoms with Crippen LogP contribution >= 0.6 is 0 Å². The first kappa shape index (κ1) is 26.7. The second-order valence-electron chi connectivity index (χ2n) is 5.08. The van der Waals surface area contributed by atoms with Crippen LogP contribution in [0.4, 0.5) is 23.0 Å². The Morgan fingerprint density at radius 1 is 1.14 bits per heavy atom. The first-order valence-corrected chi connectivity index (χ1v) is 7.64. The van der Waals surface area contributed by atoms with Crippen molar-refractivity contribution in [2.24, 2.45) is 14.1 Å². The molecular formula is C15H28N8O5. The number of nitrogens with one attached hydrogen (secondary N) is 2. The van der Waals surface area contributed by atoms with Crippen LogP contribution in [0.5, 0.6) is 0 Å². The van der Waals surface area contributed by atoms with Gasteiger partial charge in [-0.05, 0) is 6.92 Å². The van der Waals surface area contributed by atoms with Gasteiger partial charge >= 0.3 is 5.69 Å². The third-order valence-electron chi connectivity index (χ3n) is 2.45. The highest BCUT2D eigenvalue weighted by Crippen LogP contribution is 2.20. The zero-order valence-electron chi connectivity index (χ0n) is 15.8. The monoisotopic (exact) mass is 400 g/mol. The van der Waals surface area contributed by atoms with E-state index in [1.807, 2.05) is 0 Å². The fourth-order valence-electron chi connectivity index (χ4n) is 1.64. The van der Waals surface area contributed by atoms with Gasteiger partial charge in [0.25, 0.3) is 0 Å². The molecule has 0 saturated carbocycles. The molecule has 2 amide bonds. The second kappa shape index (κ2) is 12.8. The van der Waals surface area contributed by atoms with Crippen LogP contribution < -0.4 is 16.4 Å². The van der Waals surface area contributed by atoms with Gasteiger partial charge in [-0.2, -0.15) is 5.10 Å². The number of carbonyl (C=O) groups is 2. The molecule has 0 atom stereocenters. The minimum Gasteiger partial charge on any atom is -0.397 e. The fourth-order valence-corrected chi connectivity index (χ4v) is 1.64. The van der Waals surface area contributed by atoms with Crippen LogP contribution in [0, 0.1) is 10.1 Å². The number of aliphatic hydroxyl groups excluding tert-OH is 1. The molecule has 0 unspecified atom stereocenters. The zero-order chi connectivity index (χ0) is 21.1. The number of nitrogens with two attached hydrogens (primary N) is 1. The van der Waals surface area contributed by atoms with E-state index in [9.17, 15) is 19.7 Å². The number of nitrogens with zero attached hydrogens (tertiary/aromatic N) is 5. The number of carbonyl (C=O) groups excluding carboxylic acids is 2. The topological polar surface area (TPSA) is 183 Å². The number of hydrogen-bond acceptors (Lipinski definition) is 8. The number of hydrogen-bond donors (Lipinski definition) is 4. The van der Waals surface area contributed by atoms with Gasteiger partial charge in [0.1, 0.15) is 6.20 Å². The van der Waals surface area contributed by atoms with Crippen molar-refractivity contribution in [3.05, 3.63) is 22.5 Å². The van der Waals surface area contributed by atoms with E-state index in [4.69, 9.17) is 10.8 Å². The van der Waals surface area contributed by atoms with Crippen molar-refractivity contribution < 1.29 is 19.6 Å². The van der Waals surface area contributed by atoms with Gasteiger partial charge in [-0.25, -0.2) is 0 Å². The zero-order valence-corrected chi connectivity index (χ0v) is 15.8. The smallest absolute Gasteiger partial charge is 0.331 e. The molecule has 0 fully saturated rings. The maximum absolute atomic E-state index is 10.6. The van der Waals surface area contributed by atoms with Crippen molar-refractivity contribution in [2.75, 3.05) is 23.0 Å². The minimum absolute atomic E-state index is 0. The van der Waals surface area contributed by atoms with Crippen LogP contribution in [0.25, 0.3) is 0 Å². The highest BCUT2D eigenvalue weighted by molar-refractivity contribution is 5.90. The van der Waals surface area contributed by atoms with E-state index < -0.39 is 4.92 Å². The third kappa shape index (κ3) is 9.86. The highest BCUT2D eigenvalue weighted by Gasteiger charge is 2.18. The van der Waals surface area contributed by atoms with Gasteiger partial charge in [0.2, 0.25) is 17.6 Å². The molecular weight excluding hydrogens is 372 g/mol. The number of amides is 2. The Balaban J connectivity index is 0. The molecule has 2 rings (SSSR count). The van der Waals surface area contributed by atoms with Gasteiger partial charge in [-0.15, -0.1) is 5.10 Å². The standard InChI is InChI=1S/C6H8N4O3.C6H10N4O.C2H6O.CH4/c1-4(11)7-6-5(10(12)13)3-9(2)8-6;1-4(11)8-6-5(7)3-10(2)9-6;1-2-3;/h3H,1-2H3,(H,7,8,11);3H,7H2,1-2H3,(H,8,9,11);3H,2H2,1H3;1H4. The SMILES string of the molecule is C.CC(=O)Nc1nn(C)cc1N.CC(=O)Nc1nn(C)cc1[N+](=O)[O-].CCO. The first-order chi connectivity index (χ1) is 12.5. The Hall–Kier alpha value is -3.48. The van der Waals surface area contributed by atoms with Crippen molar-refractivity contribution in [3.8, 4) is 0 Å². The van der Waals surface area contributed by atoms with Gasteiger partial charge in [0.05, 0.1) is 10.6 Å². The van der Waals surface area contributed by atoms with Gasteiger partial charge < -0.3 is 21.5 Å². The summed E-state index contributed by atoms with van der Waals surface area (Å²) in [6.45, 7) is 4.60. The van der Waals surface area contributed by atoms with Crippen molar-refractivity contribution in [1.82, 2.24) is 19.6 Å². The largest absolute Gasteiger partial charge is 0.397 e. The summed E-state index contributed by atoms with van der Waals surface area (Å²) in [5.74, 6) is -0.169. The summed E-state index contributed by atoms with van der Waals surface area (Å²) < 4.78 is 2.81. The van der Waals surface area contributed by atoms with Crippen LogP contribution in [-0.2, 0) is 23.7 Å². The molecule has 158 valence electrons. The molecule has 2 aromatic rings. The van der Waals surface area contributed by atoms with Crippen LogP contribution in [0.2, 0.25) is 0 Å². The summed E-state index contributed by atoms with van der Waals surface area (Å²) in [5, 5.41) is 30.4. The molecule has 0 spiro atoms. The normalized spacial score (nSPS) is 8.93. The molecule has 28 heavy (non-hydrogen) atoms. The second-order valence-corrected chi connectivity index (χ2v) is 5.08. The van der Waals surface area contributed by atoms with Gasteiger partial charge in [0.15, 0.2) is 5.82 Å². The van der Waals surface area contributed by atoms with Gasteiger partial charge in [-0.3, -0.25) is 29.1 Å². The summed E-state index contributed by atoms with van der Waals surface area (Å²) in [6, 6.07) is 0.